The average Bonchev–Trinajstić information content (AvgIpc) is 2.48. The zero-order valence-corrected chi connectivity index (χ0v) is 13.1. The Morgan fingerprint density at radius 2 is 1.90 bits per heavy atom. The quantitative estimate of drug-likeness (QED) is 0.369. The average molecular weight is 295 g/mol. The van der Waals surface area contributed by atoms with E-state index in [-0.39, 0.29) is 10.7 Å². The summed E-state index contributed by atoms with van der Waals surface area (Å²) in [6.07, 6.45) is 2.34. The Hall–Kier alpha value is -1.68. The molecule has 0 radical (unpaired) electrons. The molecule has 0 aromatic heterocycles. The van der Waals surface area contributed by atoms with Crippen molar-refractivity contribution in [3.8, 4) is 0 Å². The van der Waals surface area contributed by atoms with Crippen LogP contribution in [0.1, 0.15) is 25.8 Å². The van der Waals surface area contributed by atoms with E-state index < -0.39 is 0 Å². The summed E-state index contributed by atoms with van der Waals surface area (Å²) in [5.74, 6) is -0.338. The smallest absolute Gasteiger partial charge is 0.330 e. The first-order valence-corrected chi connectivity index (χ1v) is 7.34. The largest absolute Gasteiger partial charge is 1.00 e. The lowest BCUT2D eigenvalue weighted by molar-refractivity contribution is -0.939. The van der Waals surface area contributed by atoms with E-state index in [0.29, 0.717) is 6.61 Å². The zero-order valence-electron chi connectivity index (χ0n) is 13.1. The van der Waals surface area contributed by atoms with E-state index in [1.165, 1.54) is 11.6 Å². The minimum absolute atomic E-state index is 0. The second kappa shape index (κ2) is 10.1. The van der Waals surface area contributed by atoms with Gasteiger partial charge in [0.2, 0.25) is 0 Å². The van der Waals surface area contributed by atoms with Crippen molar-refractivity contribution in [1.82, 2.24) is 0 Å². The van der Waals surface area contributed by atoms with Gasteiger partial charge in [-0.25, -0.2) is 4.79 Å². The normalized spacial score (nSPS) is 12.9. The van der Waals surface area contributed by atoms with Gasteiger partial charge in [0.05, 0.1) is 13.1 Å². The van der Waals surface area contributed by atoms with Gasteiger partial charge in [0.25, 0.3) is 0 Å². The number of rotatable bonds is 9. The summed E-state index contributed by atoms with van der Waals surface area (Å²) in [6.45, 7) is 12.2. The molecule has 0 aliphatic carbocycles. The Kier molecular flexibility index (Phi) is 9.30. The molecule has 1 aromatic carbocycles. The first kappa shape index (κ1) is 19.3. The Morgan fingerprint density at radius 1 is 1.24 bits per heavy atom. The van der Waals surface area contributed by atoms with E-state index in [0.717, 1.165) is 37.1 Å². The summed E-state index contributed by atoms with van der Waals surface area (Å²) in [5, 5.41) is 0. The molecule has 0 aliphatic heterocycles. The van der Waals surface area contributed by atoms with Crippen molar-refractivity contribution >= 4 is 5.97 Å². The fraction of sp³-hybridized carbons (Fsp3) is 0.471. The molecule has 21 heavy (non-hydrogen) atoms. The van der Waals surface area contributed by atoms with E-state index >= 15 is 0 Å². The standard InChI is InChI=1S/C17H26NO2.FH/c1-4-12-18(6-3,13-14-20-17(19)5-2)15-16-10-8-7-9-11-16;/h5,7-11H,2,4,6,12-15H2,1,3H3;1H/q+1;/p-1. The molecule has 0 spiro atoms. The van der Waals surface area contributed by atoms with Crippen LogP contribution in [0.5, 0.6) is 0 Å². The van der Waals surface area contributed by atoms with Gasteiger partial charge in [0.1, 0.15) is 19.7 Å². The van der Waals surface area contributed by atoms with Crippen LogP contribution in [-0.2, 0) is 16.1 Å². The van der Waals surface area contributed by atoms with Gasteiger partial charge in [-0.15, -0.1) is 0 Å². The van der Waals surface area contributed by atoms with Crippen molar-refractivity contribution in [2.45, 2.75) is 26.8 Å². The molecule has 0 N–H and O–H groups in total. The van der Waals surface area contributed by atoms with E-state index in [1.54, 1.807) is 0 Å². The highest BCUT2D eigenvalue weighted by atomic mass is 19.0. The van der Waals surface area contributed by atoms with E-state index in [2.05, 4.69) is 44.7 Å². The second-order valence-corrected chi connectivity index (χ2v) is 5.12. The molecular weight excluding hydrogens is 269 g/mol. The molecule has 1 aromatic rings. The molecule has 1 atom stereocenters. The number of benzene rings is 1. The van der Waals surface area contributed by atoms with Crippen LogP contribution in [0.15, 0.2) is 43.0 Å². The maximum atomic E-state index is 11.2. The van der Waals surface area contributed by atoms with Gasteiger partial charge in [0, 0.05) is 11.6 Å². The summed E-state index contributed by atoms with van der Waals surface area (Å²) >= 11 is 0. The first-order valence-electron chi connectivity index (χ1n) is 7.34. The number of ether oxygens (including phenoxy) is 1. The minimum Gasteiger partial charge on any atom is -1.00 e. The number of carbonyl (C=O) groups excluding carboxylic acids is 1. The summed E-state index contributed by atoms with van der Waals surface area (Å²) < 4.78 is 6.11. The van der Waals surface area contributed by atoms with Crippen LogP contribution in [-0.4, -0.2) is 36.7 Å². The molecule has 0 bridgehead atoms. The van der Waals surface area contributed by atoms with Crippen molar-refractivity contribution in [3.63, 3.8) is 0 Å². The molecule has 0 aliphatic rings. The van der Waals surface area contributed by atoms with Crippen molar-refractivity contribution < 1.29 is 18.7 Å². The van der Waals surface area contributed by atoms with Gasteiger partial charge < -0.3 is 13.9 Å². The van der Waals surface area contributed by atoms with Gasteiger partial charge in [-0.3, -0.25) is 0 Å². The van der Waals surface area contributed by atoms with Crippen LogP contribution in [0, 0.1) is 0 Å². The monoisotopic (exact) mass is 295 g/mol. The Morgan fingerprint density at radius 3 is 2.43 bits per heavy atom. The van der Waals surface area contributed by atoms with Gasteiger partial charge in [-0.2, -0.15) is 0 Å². The Balaban J connectivity index is 0.00000400. The third-order valence-electron chi connectivity index (χ3n) is 3.71. The van der Waals surface area contributed by atoms with Crippen LogP contribution in [0.2, 0.25) is 0 Å². The fourth-order valence-corrected chi connectivity index (χ4v) is 2.54. The number of esters is 1. The maximum Gasteiger partial charge on any atom is 0.330 e. The number of hydrogen-bond acceptors (Lipinski definition) is 2. The van der Waals surface area contributed by atoms with Crippen LogP contribution >= 0.6 is 0 Å². The van der Waals surface area contributed by atoms with E-state index in [9.17, 15) is 4.79 Å². The molecule has 0 amide bonds. The minimum atomic E-state index is -0.338. The van der Waals surface area contributed by atoms with Gasteiger partial charge >= 0.3 is 5.97 Å². The van der Waals surface area contributed by atoms with E-state index in [1.807, 2.05) is 6.07 Å². The van der Waals surface area contributed by atoms with Crippen LogP contribution in [0.4, 0.5) is 0 Å². The molecule has 1 rings (SSSR count). The molecular formula is C17H26FNO2. The second-order valence-electron chi connectivity index (χ2n) is 5.12. The molecule has 3 nitrogen and oxygen atoms in total. The van der Waals surface area contributed by atoms with Crippen molar-refractivity contribution in [2.24, 2.45) is 0 Å². The molecule has 1 unspecified atom stereocenters. The maximum absolute atomic E-state index is 11.2. The molecule has 0 heterocycles. The summed E-state index contributed by atoms with van der Waals surface area (Å²) in [7, 11) is 0. The number of carbonyl (C=O) groups is 1. The highest BCUT2D eigenvalue weighted by molar-refractivity contribution is 5.81. The lowest BCUT2D eigenvalue weighted by Gasteiger charge is -2.37. The third-order valence-corrected chi connectivity index (χ3v) is 3.71. The summed E-state index contributed by atoms with van der Waals surface area (Å²) in [5.41, 5.74) is 1.33. The number of halogens is 1. The van der Waals surface area contributed by atoms with Crippen molar-refractivity contribution in [2.75, 3.05) is 26.2 Å². The number of likely N-dealkylation sites (N-methyl/N-ethyl adjacent to an activating group) is 1. The Bertz CT molecular complexity index is 422. The molecule has 0 saturated carbocycles. The van der Waals surface area contributed by atoms with Crippen molar-refractivity contribution in [3.05, 3.63) is 48.6 Å². The number of hydrogen-bond donors (Lipinski definition) is 0. The first-order chi connectivity index (χ1) is 9.65. The number of quaternary nitrogens is 1. The lowest BCUT2D eigenvalue weighted by Crippen LogP contribution is -3.00. The SMILES string of the molecule is C=CC(=O)OCC[N+](CC)(CCC)Cc1ccccc1.[F-]. The van der Waals surface area contributed by atoms with E-state index in [4.69, 9.17) is 4.74 Å². The van der Waals surface area contributed by atoms with Crippen LogP contribution in [0.25, 0.3) is 0 Å². The van der Waals surface area contributed by atoms with Gasteiger partial charge in [-0.05, 0) is 13.3 Å². The zero-order chi connectivity index (χ0) is 14.8. The third kappa shape index (κ3) is 6.54. The van der Waals surface area contributed by atoms with Crippen LogP contribution < -0.4 is 4.70 Å². The summed E-state index contributed by atoms with van der Waals surface area (Å²) in [4.78, 5) is 11.2. The summed E-state index contributed by atoms with van der Waals surface area (Å²) in [6, 6.07) is 10.5. The highest BCUT2D eigenvalue weighted by Gasteiger charge is 2.25. The highest BCUT2D eigenvalue weighted by Crippen LogP contribution is 2.15. The molecule has 4 heteroatoms. The fourth-order valence-electron chi connectivity index (χ4n) is 2.54. The number of nitrogens with zero attached hydrogens (tertiary/aromatic N) is 1. The Labute approximate surface area is 127 Å². The van der Waals surface area contributed by atoms with Gasteiger partial charge in [-0.1, -0.05) is 43.8 Å². The predicted octanol–water partition coefficient (Wildman–Crippen LogP) is 0.167. The lowest BCUT2D eigenvalue weighted by atomic mass is 10.1. The molecule has 118 valence electrons. The van der Waals surface area contributed by atoms with Gasteiger partial charge in [0.15, 0.2) is 0 Å². The molecule has 0 fully saturated rings. The van der Waals surface area contributed by atoms with Crippen LogP contribution in [0.3, 0.4) is 0 Å². The van der Waals surface area contributed by atoms with Crippen molar-refractivity contribution in [1.29, 1.82) is 0 Å². The molecule has 0 saturated heterocycles. The topological polar surface area (TPSA) is 26.3 Å². The predicted molar refractivity (Wildman–Crippen MR) is 82.1 cm³/mol.